The minimum atomic E-state index is -0.0161. The van der Waals surface area contributed by atoms with Crippen molar-refractivity contribution in [3.05, 3.63) is 47.3 Å². The Morgan fingerprint density at radius 2 is 1.88 bits per heavy atom. The molecule has 0 unspecified atom stereocenters. The zero-order chi connectivity index (χ0) is 17.1. The predicted molar refractivity (Wildman–Crippen MR) is 92.0 cm³/mol. The molecule has 0 saturated carbocycles. The lowest BCUT2D eigenvalue weighted by Crippen LogP contribution is -2.48. The number of nitrogens with one attached hydrogen (secondary N) is 1. The fraction of sp³-hybridized carbons (Fsp3) is 0.389. The molecule has 6 nitrogen and oxygen atoms in total. The van der Waals surface area contributed by atoms with E-state index in [0.29, 0.717) is 30.3 Å². The van der Waals surface area contributed by atoms with Gasteiger partial charge in [-0.25, -0.2) is 0 Å². The molecule has 0 aliphatic carbocycles. The highest BCUT2D eigenvalue weighted by Crippen LogP contribution is 2.19. The number of anilines is 1. The van der Waals surface area contributed by atoms with E-state index in [9.17, 15) is 4.79 Å². The van der Waals surface area contributed by atoms with Crippen molar-refractivity contribution in [2.24, 2.45) is 0 Å². The summed E-state index contributed by atoms with van der Waals surface area (Å²) in [5.74, 6) is 0.310. The topological polar surface area (TPSA) is 76.0 Å². The Labute approximate surface area is 141 Å². The number of aromatic nitrogens is 2. The molecule has 0 spiro atoms. The van der Waals surface area contributed by atoms with Crippen LogP contribution in [0, 0.1) is 11.3 Å². The summed E-state index contributed by atoms with van der Waals surface area (Å²) in [5.41, 5.74) is 3.22. The Balaban J connectivity index is 1.61. The summed E-state index contributed by atoms with van der Waals surface area (Å²) >= 11 is 0. The van der Waals surface area contributed by atoms with Gasteiger partial charge in [-0.1, -0.05) is 13.8 Å². The van der Waals surface area contributed by atoms with Crippen LogP contribution in [0.25, 0.3) is 0 Å². The SMILES string of the molecule is CC(C)c1cc(C(=O)N2CCN(c3ccc(C#N)cc3)CC2)n[nH]1. The Morgan fingerprint density at radius 1 is 1.21 bits per heavy atom. The number of H-pyrrole nitrogens is 1. The number of hydrogen-bond acceptors (Lipinski definition) is 4. The average Bonchev–Trinajstić information content (AvgIpc) is 3.12. The molecule has 0 atom stereocenters. The molecule has 0 bridgehead atoms. The van der Waals surface area contributed by atoms with Gasteiger partial charge in [0, 0.05) is 37.6 Å². The van der Waals surface area contributed by atoms with Gasteiger partial charge in [-0.3, -0.25) is 9.89 Å². The van der Waals surface area contributed by atoms with Gasteiger partial charge in [0.25, 0.3) is 5.91 Å². The Bertz CT molecular complexity index is 748. The maximum atomic E-state index is 12.6. The quantitative estimate of drug-likeness (QED) is 0.941. The van der Waals surface area contributed by atoms with Gasteiger partial charge in [0.05, 0.1) is 11.6 Å². The minimum Gasteiger partial charge on any atom is -0.368 e. The number of benzene rings is 1. The molecule has 1 N–H and O–H groups in total. The third-order valence-electron chi connectivity index (χ3n) is 4.37. The van der Waals surface area contributed by atoms with E-state index in [2.05, 4.69) is 35.0 Å². The van der Waals surface area contributed by atoms with Gasteiger partial charge in [-0.05, 0) is 36.2 Å². The fourth-order valence-electron chi connectivity index (χ4n) is 2.82. The summed E-state index contributed by atoms with van der Waals surface area (Å²) in [6, 6.07) is 11.5. The van der Waals surface area contributed by atoms with E-state index >= 15 is 0 Å². The van der Waals surface area contributed by atoms with Gasteiger partial charge < -0.3 is 9.80 Å². The van der Waals surface area contributed by atoms with Crippen LogP contribution in [0.2, 0.25) is 0 Å². The zero-order valence-corrected chi connectivity index (χ0v) is 14.0. The Morgan fingerprint density at radius 3 is 2.42 bits per heavy atom. The molecule has 1 aliphatic heterocycles. The third-order valence-corrected chi connectivity index (χ3v) is 4.37. The second-order valence-electron chi connectivity index (χ2n) is 6.30. The molecule has 1 aromatic carbocycles. The summed E-state index contributed by atoms with van der Waals surface area (Å²) in [6.45, 7) is 7.03. The predicted octanol–water partition coefficient (Wildman–Crippen LogP) is 2.37. The molecule has 2 aromatic rings. The largest absolute Gasteiger partial charge is 0.368 e. The molecule has 0 radical (unpaired) electrons. The first-order valence-electron chi connectivity index (χ1n) is 8.18. The number of carbonyl (C=O) groups excluding carboxylic acids is 1. The molecular formula is C18H21N5O. The number of piperazine rings is 1. The van der Waals surface area contributed by atoms with E-state index in [1.165, 1.54) is 0 Å². The lowest BCUT2D eigenvalue weighted by atomic mass is 10.1. The molecule has 1 aliphatic rings. The van der Waals surface area contributed by atoms with Gasteiger partial charge in [0.15, 0.2) is 0 Å². The highest BCUT2D eigenvalue weighted by Gasteiger charge is 2.24. The summed E-state index contributed by atoms with van der Waals surface area (Å²) in [5, 5.41) is 15.9. The van der Waals surface area contributed by atoms with Crippen LogP contribution in [0.5, 0.6) is 0 Å². The van der Waals surface area contributed by atoms with Gasteiger partial charge in [-0.2, -0.15) is 10.4 Å². The van der Waals surface area contributed by atoms with E-state index in [4.69, 9.17) is 5.26 Å². The Hall–Kier alpha value is -2.81. The van der Waals surface area contributed by atoms with E-state index in [1.54, 1.807) is 0 Å². The van der Waals surface area contributed by atoms with Crippen molar-refractivity contribution in [3.63, 3.8) is 0 Å². The number of hydrogen-bond donors (Lipinski definition) is 1. The zero-order valence-electron chi connectivity index (χ0n) is 14.0. The van der Waals surface area contributed by atoms with Crippen LogP contribution < -0.4 is 4.90 Å². The normalized spacial score (nSPS) is 14.8. The molecule has 1 amide bonds. The van der Waals surface area contributed by atoms with Crippen molar-refractivity contribution in [2.45, 2.75) is 19.8 Å². The van der Waals surface area contributed by atoms with Crippen molar-refractivity contribution in [3.8, 4) is 6.07 Å². The van der Waals surface area contributed by atoms with Crippen LogP contribution in [0.15, 0.2) is 30.3 Å². The molecule has 124 valence electrons. The van der Waals surface area contributed by atoms with E-state index < -0.39 is 0 Å². The number of amides is 1. The number of nitriles is 1. The standard InChI is InChI=1S/C18H21N5O/c1-13(2)16-11-17(21-20-16)18(24)23-9-7-22(8-10-23)15-5-3-14(12-19)4-6-15/h3-6,11,13H,7-10H2,1-2H3,(H,20,21). The highest BCUT2D eigenvalue weighted by atomic mass is 16.2. The number of aromatic amines is 1. The number of nitrogens with zero attached hydrogens (tertiary/aromatic N) is 4. The first-order valence-corrected chi connectivity index (χ1v) is 8.18. The van der Waals surface area contributed by atoms with Gasteiger partial charge in [-0.15, -0.1) is 0 Å². The van der Waals surface area contributed by atoms with E-state index in [-0.39, 0.29) is 5.91 Å². The summed E-state index contributed by atoms with van der Waals surface area (Å²) < 4.78 is 0. The monoisotopic (exact) mass is 323 g/mol. The maximum Gasteiger partial charge on any atom is 0.274 e. The molecular weight excluding hydrogens is 302 g/mol. The molecule has 1 fully saturated rings. The van der Waals surface area contributed by atoms with Gasteiger partial charge in [0.2, 0.25) is 0 Å². The van der Waals surface area contributed by atoms with Crippen LogP contribution in [-0.2, 0) is 0 Å². The van der Waals surface area contributed by atoms with Crippen LogP contribution in [0.4, 0.5) is 5.69 Å². The second kappa shape index (κ2) is 6.75. The lowest BCUT2D eigenvalue weighted by Gasteiger charge is -2.35. The van der Waals surface area contributed by atoms with Crippen molar-refractivity contribution in [1.82, 2.24) is 15.1 Å². The molecule has 1 aromatic heterocycles. The van der Waals surface area contributed by atoms with Gasteiger partial charge in [0.1, 0.15) is 5.69 Å². The van der Waals surface area contributed by atoms with Crippen LogP contribution in [0.3, 0.4) is 0 Å². The van der Waals surface area contributed by atoms with Crippen LogP contribution >= 0.6 is 0 Å². The van der Waals surface area contributed by atoms with Crippen LogP contribution in [-0.4, -0.2) is 47.2 Å². The molecule has 1 saturated heterocycles. The summed E-state index contributed by atoms with van der Waals surface area (Å²) in [6.07, 6.45) is 0. The second-order valence-corrected chi connectivity index (χ2v) is 6.30. The first kappa shape index (κ1) is 16.1. The van der Waals surface area contributed by atoms with Gasteiger partial charge >= 0.3 is 0 Å². The average molecular weight is 323 g/mol. The summed E-state index contributed by atoms with van der Waals surface area (Å²) in [7, 11) is 0. The van der Waals surface area contributed by atoms with Crippen molar-refractivity contribution in [1.29, 1.82) is 5.26 Å². The maximum absolute atomic E-state index is 12.6. The minimum absolute atomic E-state index is 0.0161. The smallest absolute Gasteiger partial charge is 0.274 e. The van der Waals surface area contributed by atoms with Crippen LogP contribution in [0.1, 0.15) is 41.5 Å². The summed E-state index contributed by atoms with van der Waals surface area (Å²) in [4.78, 5) is 16.6. The fourth-order valence-corrected chi connectivity index (χ4v) is 2.82. The van der Waals surface area contributed by atoms with E-state index in [0.717, 1.165) is 24.5 Å². The van der Waals surface area contributed by atoms with Crippen molar-refractivity contribution in [2.75, 3.05) is 31.1 Å². The molecule has 2 heterocycles. The molecule has 3 rings (SSSR count). The number of rotatable bonds is 3. The highest BCUT2D eigenvalue weighted by molar-refractivity contribution is 5.92. The molecule has 24 heavy (non-hydrogen) atoms. The van der Waals surface area contributed by atoms with Crippen molar-refractivity contribution < 1.29 is 4.79 Å². The first-order chi connectivity index (χ1) is 11.6. The lowest BCUT2D eigenvalue weighted by molar-refractivity contribution is 0.0741. The third kappa shape index (κ3) is 3.25. The van der Waals surface area contributed by atoms with E-state index in [1.807, 2.05) is 35.2 Å². The molecule has 6 heteroatoms. The number of carbonyl (C=O) groups is 1. The Kier molecular flexibility index (Phi) is 4.52. The van der Waals surface area contributed by atoms with Crippen molar-refractivity contribution >= 4 is 11.6 Å².